The second-order valence-electron chi connectivity index (χ2n) is 7.55. The standard InChI is InChI=1S/C23H32/c1-7-12-23(6,8-2)16-21-15-22(19(5)14-18(21)4)20-11-9-10-17(3)13-20/h9-11,13-15H,7-8,12,16H2,1-6H3. The van der Waals surface area contributed by atoms with Crippen molar-refractivity contribution in [3.8, 4) is 11.1 Å². The first-order valence-corrected chi connectivity index (χ1v) is 9.05. The Kier molecular flexibility index (Phi) is 5.68. The average Bonchev–Trinajstić information content (AvgIpc) is 2.50. The van der Waals surface area contributed by atoms with Crippen molar-refractivity contribution < 1.29 is 0 Å². The summed E-state index contributed by atoms with van der Waals surface area (Å²) in [4.78, 5) is 0. The maximum absolute atomic E-state index is 2.45. The van der Waals surface area contributed by atoms with Gasteiger partial charge in [-0.05, 0) is 66.8 Å². The molecule has 2 rings (SSSR count). The third kappa shape index (κ3) is 4.25. The minimum atomic E-state index is 0.415. The highest BCUT2D eigenvalue weighted by molar-refractivity contribution is 5.69. The van der Waals surface area contributed by atoms with E-state index in [2.05, 4.69) is 77.9 Å². The maximum atomic E-state index is 2.45. The Morgan fingerprint density at radius 1 is 0.913 bits per heavy atom. The average molecular weight is 309 g/mol. The van der Waals surface area contributed by atoms with Gasteiger partial charge in [0.05, 0.1) is 0 Å². The Morgan fingerprint density at radius 2 is 1.65 bits per heavy atom. The predicted molar refractivity (Wildman–Crippen MR) is 103 cm³/mol. The van der Waals surface area contributed by atoms with Crippen LogP contribution in [0.1, 0.15) is 62.3 Å². The molecule has 2 aromatic carbocycles. The minimum Gasteiger partial charge on any atom is -0.0654 e. The summed E-state index contributed by atoms with van der Waals surface area (Å²) >= 11 is 0. The van der Waals surface area contributed by atoms with Gasteiger partial charge in [0.2, 0.25) is 0 Å². The van der Waals surface area contributed by atoms with E-state index in [0.29, 0.717) is 5.41 Å². The smallest absolute Gasteiger partial charge is 0.0152 e. The van der Waals surface area contributed by atoms with Gasteiger partial charge in [0.1, 0.15) is 0 Å². The molecule has 0 saturated carbocycles. The van der Waals surface area contributed by atoms with Crippen LogP contribution in [-0.2, 0) is 6.42 Å². The van der Waals surface area contributed by atoms with Crippen molar-refractivity contribution in [2.75, 3.05) is 0 Å². The first kappa shape index (κ1) is 17.8. The lowest BCUT2D eigenvalue weighted by molar-refractivity contribution is 0.279. The molecule has 0 saturated heterocycles. The molecule has 0 heteroatoms. The van der Waals surface area contributed by atoms with Gasteiger partial charge in [0.25, 0.3) is 0 Å². The largest absolute Gasteiger partial charge is 0.0654 e. The summed E-state index contributed by atoms with van der Waals surface area (Å²) in [5.41, 5.74) is 8.82. The third-order valence-electron chi connectivity index (χ3n) is 5.34. The van der Waals surface area contributed by atoms with E-state index in [1.807, 2.05) is 0 Å². The summed E-state index contributed by atoms with van der Waals surface area (Å²) in [6.45, 7) is 13.8. The molecule has 1 unspecified atom stereocenters. The molecule has 2 aromatic rings. The second kappa shape index (κ2) is 7.34. The second-order valence-corrected chi connectivity index (χ2v) is 7.55. The van der Waals surface area contributed by atoms with Crippen LogP contribution in [0, 0.1) is 26.2 Å². The fourth-order valence-corrected chi connectivity index (χ4v) is 3.66. The van der Waals surface area contributed by atoms with E-state index in [1.54, 1.807) is 0 Å². The molecule has 124 valence electrons. The van der Waals surface area contributed by atoms with Crippen molar-refractivity contribution in [2.24, 2.45) is 5.41 Å². The van der Waals surface area contributed by atoms with E-state index in [9.17, 15) is 0 Å². The molecule has 0 aromatic heterocycles. The van der Waals surface area contributed by atoms with Gasteiger partial charge < -0.3 is 0 Å². The highest BCUT2D eigenvalue weighted by Crippen LogP contribution is 2.35. The maximum Gasteiger partial charge on any atom is -0.0152 e. The Hall–Kier alpha value is -1.56. The predicted octanol–water partition coefficient (Wildman–Crippen LogP) is 7.04. The van der Waals surface area contributed by atoms with Crippen molar-refractivity contribution in [2.45, 2.75) is 67.2 Å². The van der Waals surface area contributed by atoms with Crippen LogP contribution in [0.3, 0.4) is 0 Å². The van der Waals surface area contributed by atoms with Crippen molar-refractivity contribution >= 4 is 0 Å². The number of aryl methyl sites for hydroxylation is 3. The summed E-state index contributed by atoms with van der Waals surface area (Å²) < 4.78 is 0. The normalized spacial score (nSPS) is 13.8. The van der Waals surface area contributed by atoms with Gasteiger partial charge in [-0.15, -0.1) is 0 Å². The SMILES string of the molecule is CCCC(C)(CC)Cc1cc(-c2cccc(C)c2)c(C)cc1C. The zero-order valence-electron chi connectivity index (χ0n) is 15.8. The molecule has 0 bridgehead atoms. The van der Waals surface area contributed by atoms with E-state index in [0.717, 1.165) is 0 Å². The molecule has 0 heterocycles. The summed E-state index contributed by atoms with van der Waals surface area (Å²) in [5, 5.41) is 0. The molecule has 0 fully saturated rings. The highest BCUT2D eigenvalue weighted by atomic mass is 14.3. The molecule has 0 aliphatic rings. The van der Waals surface area contributed by atoms with Crippen LogP contribution < -0.4 is 0 Å². The van der Waals surface area contributed by atoms with Gasteiger partial charge in [0.15, 0.2) is 0 Å². The quantitative estimate of drug-likeness (QED) is 0.537. The fourth-order valence-electron chi connectivity index (χ4n) is 3.66. The Morgan fingerprint density at radius 3 is 2.26 bits per heavy atom. The lowest BCUT2D eigenvalue weighted by Gasteiger charge is -2.29. The Bertz CT molecular complexity index is 666. The molecule has 0 aliphatic heterocycles. The zero-order valence-corrected chi connectivity index (χ0v) is 15.8. The van der Waals surface area contributed by atoms with Crippen molar-refractivity contribution in [1.29, 1.82) is 0 Å². The van der Waals surface area contributed by atoms with Gasteiger partial charge >= 0.3 is 0 Å². The molecule has 1 atom stereocenters. The Balaban J connectivity index is 2.44. The minimum absolute atomic E-state index is 0.415. The summed E-state index contributed by atoms with van der Waals surface area (Å²) in [6.07, 6.45) is 4.99. The van der Waals surface area contributed by atoms with Gasteiger partial charge in [-0.3, -0.25) is 0 Å². The molecule has 0 N–H and O–H groups in total. The van der Waals surface area contributed by atoms with E-state index in [1.165, 1.54) is 59.1 Å². The molecule has 0 nitrogen and oxygen atoms in total. The number of hydrogen-bond donors (Lipinski definition) is 0. The molecular weight excluding hydrogens is 276 g/mol. The van der Waals surface area contributed by atoms with Gasteiger partial charge in [-0.2, -0.15) is 0 Å². The number of rotatable bonds is 6. The summed E-state index contributed by atoms with van der Waals surface area (Å²) in [5.74, 6) is 0. The first-order chi connectivity index (χ1) is 10.9. The summed E-state index contributed by atoms with van der Waals surface area (Å²) in [7, 11) is 0. The molecule has 23 heavy (non-hydrogen) atoms. The lowest BCUT2D eigenvalue weighted by Crippen LogP contribution is -2.19. The van der Waals surface area contributed by atoms with E-state index in [4.69, 9.17) is 0 Å². The van der Waals surface area contributed by atoms with Crippen LogP contribution in [0.5, 0.6) is 0 Å². The lowest BCUT2D eigenvalue weighted by atomic mass is 9.76. The topological polar surface area (TPSA) is 0 Å². The van der Waals surface area contributed by atoms with E-state index in [-0.39, 0.29) is 0 Å². The fraction of sp³-hybridized carbons (Fsp3) is 0.478. The van der Waals surface area contributed by atoms with E-state index < -0.39 is 0 Å². The van der Waals surface area contributed by atoms with Crippen LogP contribution >= 0.6 is 0 Å². The van der Waals surface area contributed by atoms with Crippen molar-refractivity contribution in [1.82, 2.24) is 0 Å². The van der Waals surface area contributed by atoms with Gasteiger partial charge in [-0.1, -0.05) is 75.6 Å². The number of benzene rings is 2. The van der Waals surface area contributed by atoms with Gasteiger partial charge in [0, 0.05) is 0 Å². The molecule has 0 radical (unpaired) electrons. The third-order valence-corrected chi connectivity index (χ3v) is 5.34. The summed E-state index contributed by atoms with van der Waals surface area (Å²) in [6, 6.07) is 13.7. The molecule has 0 aliphatic carbocycles. The van der Waals surface area contributed by atoms with Crippen LogP contribution in [0.25, 0.3) is 11.1 Å². The number of hydrogen-bond acceptors (Lipinski definition) is 0. The zero-order chi connectivity index (χ0) is 17.0. The van der Waals surface area contributed by atoms with Crippen LogP contribution in [0.2, 0.25) is 0 Å². The highest BCUT2D eigenvalue weighted by Gasteiger charge is 2.22. The van der Waals surface area contributed by atoms with Crippen LogP contribution in [-0.4, -0.2) is 0 Å². The van der Waals surface area contributed by atoms with Crippen LogP contribution in [0.4, 0.5) is 0 Å². The van der Waals surface area contributed by atoms with E-state index >= 15 is 0 Å². The molecular formula is C23H32. The van der Waals surface area contributed by atoms with Gasteiger partial charge in [-0.25, -0.2) is 0 Å². The van der Waals surface area contributed by atoms with Crippen molar-refractivity contribution in [3.63, 3.8) is 0 Å². The first-order valence-electron chi connectivity index (χ1n) is 9.05. The Labute approximate surface area is 143 Å². The molecule has 0 spiro atoms. The van der Waals surface area contributed by atoms with Crippen LogP contribution in [0.15, 0.2) is 36.4 Å². The monoisotopic (exact) mass is 308 g/mol. The molecule has 0 amide bonds. The van der Waals surface area contributed by atoms with Crippen molar-refractivity contribution in [3.05, 3.63) is 58.7 Å².